The number of carbonyl (C=O) groups is 3. The normalized spacial score (nSPS) is 10.0. The third-order valence-corrected chi connectivity index (χ3v) is 3.11. The molecule has 6 nitrogen and oxygen atoms in total. The van der Waals surface area contributed by atoms with Gasteiger partial charge >= 0.3 is 0 Å². The van der Waals surface area contributed by atoms with Crippen LogP contribution in [0.1, 0.15) is 28.7 Å². The fraction of sp³-hybridized carbons (Fsp3) is 0.455. The van der Waals surface area contributed by atoms with Gasteiger partial charge in [0.15, 0.2) is 5.13 Å². The maximum absolute atomic E-state index is 11.8. The minimum Gasteiger partial charge on any atom is -0.344 e. The van der Waals surface area contributed by atoms with Gasteiger partial charge in [-0.25, -0.2) is 4.98 Å². The summed E-state index contributed by atoms with van der Waals surface area (Å²) in [5, 5.41) is 2.84. The van der Waals surface area contributed by atoms with Crippen LogP contribution in [0.25, 0.3) is 0 Å². The van der Waals surface area contributed by atoms with Crippen molar-refractivity contribution < 1.29 is 14.4 Å². The second-order valence-corrected chi connectivity index (χ2v) is 5.06. The standard InChI is InChI=1S/C11H15N3O3S/c1-6(15)5-8(16)13-11-12-7(2)9(18-11)10(17)14(3)4/h5H2,1-4H3,(H,12,13,16). The molecule has 1 N–H and O–H groups in total. The zero-order valence-corrected chi connectivity index (χ0v) is 11.6. The summed E-state index contributed by atoms with van der Waals surface area (Å²) in [4.78, 5) is 40.0. The maximum atomic E-state index is 11.8. The van der Waals surface area contributed by atoms with E-state index in [1.165, 1.54) is 11.8 Å². The first-order chi connectivity index (χ1) is 8.31. The Morgan fingerprint density at radius 2 is 1.94 bits per heavy atom. The molecule has 0 unspecified atom stereocenters. The molecule has 0 aliphatic rings. The van der Waals surface area contributed by atoms with Gasteiger partial charge in [-0.15, -0.1) is 0 Å². The topological polar surface area (TPSA) is 79.4 Å². The van der Waals surface area contributed by atoms with Crippen molar-refractivity contribution in [2.24, 2.45) is 0 Å². The summed E-state index contributed by atoms with van der Waals surface area (Å²) in [6.45, 7) is 3.04. The molecule has 7 heteroatoms. The van der Waals surface area contributed by atoms with Gasteiger partial charge in [-0.2, -0.15) is 0 Å². The van der Waals surface area contributed by atoms with Gasteiger partial charge in [0.25, 0.3) is 5.91 Å². The van der Waals surface area contributed by atoms with E-state index in [1.54, 1.807) is 21.0 Å². The zero-order valence-electron chi connectivity index (χ0n) is 10.7. The van der Waals surface area contributed by atoms with E-state index in [1.807, 2.05) is 0 Å². The van der Waals surface area contributed by atoms with Crippen LogP contribution in [0.2, 0.25) is 0 Å². The Kier molecular flexibility index (Phi) is 4.55. The highest BCUT2D eigenvalue weighted by Gasteiger charge is 2.18. The molecule has 18 heavy (non-hydrogen) atoms. The second kappa shape index (κ2) is 5.72. The van der Waals surface area contributed by atoms with Crippen molar-refractivity contribution in [1.29, 1.82) is 0 Å². The Balaban J connectivity index is 2.82. The average molecular weight is 269 g/mol. The average Bonchev–Trinajstić information content (AvgIpc) is 2.56. The predicted molar refractivity (Wildman–Crippen MR) is 68.8 cm³/mol. The van der Waals surface area contributed by atoms with E-state index in [9.17, 15) is 14.4 Å². The summed E-state index contributed by atoms with van der Waals surface area (Å²) in [5.74, 6) is -0.789. The van der Waals surface area contributed by atoms with Gasteiger partial charge < -0.3 is 10.2 Å². The number of hydrogen-bond acceptors (Lipinski definition) is 5. The van der Waals surface area contributed by atoms with Crippen molar-refractivity contribution in [2.75, 3.05) is 19.4 Å². The van der Waals surface area contributed by atoms with Gasteiger partial charge in [-0.1, -0.05) is 11.3 Å². The fourth-order valence-corrected chi connectivity index (χ4v) is 2.24. The molecule has 1 rings (SSSR count). The van der Waals surface area contributed by atoms with Crippen LogP contribution in [0, 0.1) is 6.92 Å². The molecule has 0 aromatic carbocycles. The minimum absolute atomic E-state index is 0.155. The minimum atomic E-state index is -0.417. The molecule has 98 valence electrons. The third-order valence-electron chi connectivity index (χ3n) is 2.05. The number of rotatable bonds is 4. The summed E-state index contributed by atoms with van der Waals surface area (Å²) in [5.41, 5.74) is 0.567. The Labute approximate surface area is 109 Å². The van der Waals surface area contributed by atoms with Crippen molar-refractivity contribution >= 4 is 34.1 Å². The van der Waals surface area contributed by atoms with Gasteiger partial charge in [0.05, 0.1) is 12.1 Å². The first kappa shape index (κ1) is 14.3. The van der Waals surface area contributed by atoms with Gasteiger partial charge in [0.2, 0.25) is 5.91 Å². The lowest BCUT2D eigenvalue weighted by Crippen LogP contribution is -2.21. The molecule has 0 spiro atoms. The smallest absolute Gasteiger partial charge is 0.265 e. The quantitative estimate of drug-likeness (QED) is 0.829. The number of carbonyl (C=O) groups excluding carboxylic acids is 3. The molecule has 0 saturated carbocycles. The first-order valence-electron chi connectivity index (χ1n) is 5.29. The highest BCUT2D eigenvalue weighted by Crippen LogP contribution is 2.23. The Hall–Kier alpha value is -1.76. The molecule has 0 aliphatic heterocycles. The van der Waals surface area contributed by atoms with Crippen LogP contribution >= 0.6 is 11.3 Å². The van der Waals surface area contributed by atoms with E-state index in [4.69, 9.17) is 0 Å². The van der Waals surface area contributed by atoms with Crippen molar-refractivity contribution in [3.05, 3.63) is 10.6 Å². The van der Waals surface area contributed by atoms with Crippen LogP contribution in [0.5, 0.6) is 0 Å². The highest BCUT2D eigenvalue weighted by atomic mass is 32.1. The van der Waals surface area contributed by atoms with Crippen molar-refractivity contribution in [2.45, 2.75) is 20.3 Å². The van der Waals surface area contributed by atoms with Gasteiger partial charge in [0.1, 0.15) is 10.7 Å². The number of nitrogens with zero attached hydrogens (tertiary/aromatic N) is 2. The number of thiazole rings is 1. The summed E-state index contributed by atoms with van der Waals surface area (Å²) < 4.78 is 0. The van der Waals surface area contributed by atoms with Gasteiger partial charge in [-0.05, 0) is 13.8 Å². The molecule has 0 aliphatic carbocycles. The van der Waals surface area contributed by atoms with E-state index in [2.05, 4.69) is 10.3 Å². The van der Waals surface area contributed by atoms with Crippen molar-refractivity contribution in [3.8, 4) is 0 Å². The van der Waals surface area contributed by atoms with Crippen LogP contribution in [0.3, 0.4) is 0 Å². The molecule has 0 radical (unpaired) electrons. The van der Waals surface area contributed by atoms with Crippen molar-refractivity contribution in [1.82, 2.24) is 9.88 Å². The molecule has 1 aromatic heterocycles. The lowest BCUT2D eigenvalue weighted by Gasteiger charge is -2.07. The van der Waals surface area contributed by atoms with E-state index in [-0.39, 0.29) is 18.1 Å². The Morgan fingerprint density at radius 3 is 2.44 bits per heavy atom. The van der Waals surface area contributed by atoms with Crippen LogP contribution < -0.4 is 5.32 Å². The summed E-state index contributed by atoms with van der Waals surface area (Å²) >= 11 is 1.11. The molecule has 0 fully saturated rings. The van der Waals surface area contributed by atoms with Crippen LogP contribution in [-0.2, 0) is 9.59 Å². The number of aromatic nitrogens is 1. The van der Waals surface area contributed by atoms with Crippen molar-refractivity contribution in [3.63, 3.8) is 0 Å². The zero-order chi connectivity index (χ0) is 13.9. The Bertz CT molecular complexity index is 494. The number of Topliss-reactive ketones (excluding diaryl/α,β-unsaturated/α-hetero) is 1. The van der Waals surface area contributed by atoms with Crippen LogP contribution in [-0.4, -0.2) is 41.6 Å². The van der Waals surface area contributed by atoms with Gasteiger partial charge in [0, 0.05) is 14.1 Å². The van der Waals surface area contributed by atoms with E-state index >= 15 is 0 Å². The summed E-state index contributed by atoms with van der Waals surface area (Å²) in [6.07, 6.45) is -0.185. The first-order valence-corrected chi connectivity index (χ1v) is 6.11. The Morgan fingerprint density at radius 1 is 1.33 bits per heavy atom. The van der Waals surface area contributed by atoms with Gasteiger partial charge in [-0.3, -0.25) is 14.4 Å². The van der Waals surface area contributed by atoms with E-state index < -0.39 is 5.91 Å². The molecule has 1 heterocycles. The number of anilines is 1. The summed E-state index contributed by atoms with van der Waals surface area (Å²) in [7, 11) is 3.30. The molecule has 1 aromatic rings. The van der Waals surface area contributed by atoms with E-state index in [0.717, 1.165) is 11.3 Å². The number of ketones is 1. The maximum Gasteiger partial charge on any atom is 0.265 e. The molecule has 0 saturated heterocycles. The molecule has 0 bridgehead atoms. The molecular formula is C11H15N3O3S. The second-order valence-electron chi connectivity index (χ2n) is 4.06. The molecular weight excluding hydrogens is 254 g/mol. The number of hydrogen-bond donors (Lipinski definition) is 1. The lowest BCUT2D eigenvalue weighted by molar-refractivity contribution is -0.124. The highest BCUT2D eigenvalue weighted by molar-refractivity contribution is 7.17. The fourth-order valence-electron chi connectivity index (χ4n) is 1.24. The SMILES string of the molecule is CC(=O)CC(=O)Nc1nc(C)c(C(=O)N(C)C)s1. The number of aryl methyl sites for hydroxylation is 1. The number of nitrogens with one attached hydrogen (secondary N) is 1. The van der Waals surface area contributed by atoms with Crippen LogP contribution in [0.15, 0.2) is 0 Å². The molecule has 2 amide bonds. The molecule has 0 atom stereocenters. The number of amides is 2. The summed E-state index contributed by atoms with van der Waals surface area (Å²) in [6, 6.07) is 0. The van der Waals surface area contributed by atoms with E-state index in [0.29, 0.717) is 15.7 Å². The lowest BCUT2D eigenvalue weighted by atomic mass is 10.3. The monoisotopic (exact) mass is 269 g/mol. The third kappa shape index (κ3) is 3.63. The van der Waals surface area contributed by atoms with Crippen LogP contribution in [0.4, 0.5) is 5.13 Å². The largest absolute Gasteiger partial charge is 0.344 e. The predicted octanol–water partition coefficient (Wildman–Crippen LogP) is 1.07.